The first-order chi connectivity index (χ1) is 8.15. The van der Waals surface area contributed by atoms with E-state index < -0.39 is 0 Å². The molecule has 0 unspecified atom stereocenters. The van der Waals surface area contributed by atoms with Gasteiger partial charge >= 0.3 is 0 Å². The number of thiophene rings is 1. The molecule has 1 aliphatic rings. The second-order valence-corrected chi connectivity index (χ2v) is 6.13. The van der Waals surface area contributed by atoms with Crippen LogP contribution in [0.4, 0.5) is 0 Å². The van der Waals surface area contributed by atoms with Crippen LogP contribution in [-0.4, -0.2) is 0 Å². The fourth-order valence-electron chi connectivity index (χ4n) is 2.46. The standard InChI is InChI=1S/C16H20S/c1-5-6-8-14-12(4)17-15-10-7-9-13(11(2)3)16(14)15/h5-6,8-9,11H,1,7,10H2,2-4H3/b8-6-. The Morgan fingerprint density at radius 3 is 2.82 bits per heavy atom. The molecule has 0 bridgehead atoms. The first-order valence-corrected chi connectivity index (χ1v) is 7.08. The van der Waals surface area contributed by atoms with E-state index >= 15 is 0 Å². The zero-order valence-electron chi connectivity index (χ0n) is 10.9. The molecular weight excluding hydrogens is 224 g/mol. The molecule has 0 saturated carbocycles. The van der Waals surface area contributed by atoms with E-state index in [9.17, 15) is 0 Å². The molecule has 1 heterocycles. The molecule has 1 aromatic rings. The van der Waals surface area contributed by atoms with Gasteiger partial charge in [-0.1, -0.05) is 44.7 Å². The maximum atomic E-state index is 3.76. The monoisotopic (exact) mass is 244 g/mol. The lowest BCUT2D eigenvalue weighted by Gasteiger charge is -2.18. The highest BCUT2D eigenvalue weighted by molar-refractivity contribution is 7.12. The summed E-state index contributed by atoms with van der Waals surface area (Å²) in [5.41, 5.74) is 4.44. The fourth-order valence-corrected chi connectivity index (χ4v) is 3.66. The van der Waals surface area contributed by atoms with Crippen LogP contribution in [0.3, 0.4) is 0 Å². The average molecular weight is 244 g/mol. The van der Waals surface area contributed by atoms with Gasteiger partial charge in [-0.25, -0.2) is 0 Å². The van der Waals surface area contributed by atoms with Crippen molar-refractivity contribution in [2.45, 2.75) is 33.6 Å². The van der Waals surface area contributed by atoms with E-state index in [4.69, 9.17) is 0 Å². The summed E-state index contributed by atoms with van der Waals surface area (Å²) in [5, 5.41) is 0. The molecular formula is C16H20S. The Morgan fingerprint density at radius 1 is 1.41 bits per heavy atom. The molecule has 0 aliphatic heterocycles. The molecule has 2 rings (SSSR count). The molecule has 1 aromatic heterocycles. The van der Waals surface area contributed by atoms with Crippen LogP contribution >= 0.6 is 11.3 Å². The number of hydrogen-bond donors (Lipinski definition) is 0. The normalized spacial score (nSPS) is 15.2. The zero-order valence-corrected chi connectivity index (χ0v) is 11.7. The van der Waals surface area contributed by atoms with Crippen molar-refractivity contribution in [1.29, 1.82) is 0 Å². The van der Waals surface area contributed by atoms with Gasteiger partial charge < -0.3 is 0 Å². The minimum Gasteiger partial charge on any atom is -0.144 e. The number of aryl methyl sites for hydroxylation is 2. The highest BCUT2D eigenvalue weighted by atomic mass is 32.1. The molecule has 17 heavy (non-hydrogen) atoms. The lowest BCUT2D eigenvalue weighted by Crippen LogP contribution is -2.02. The van der Waals surface area contributed by atoms with E-state index in [-0.39, 0.29) is 0 Å². The van der Waals surface area contributed by atoms with Crippen LogP contribution in [0.15, 0.2) is 24.8 Å². The van der Waals surface area contributed by atoms with E-state index in [1.165, 1.54) is 34.4 Å². The van der Waals surface area contributed by atoms with Crippen LogP contribution in [0.1, 0.15) is 41.1 Å². The Hall–Kier alpha value is -1.08. The summed E-state index contributed by atoms with van der Waals surface area (Å²) in [5.74, 6) is 0.610. The Balaban J connectivity index is 2.56. The molecule has 0 amide bonds. The summed E-state index contributed by atoms with van der Waals surface area (Å²) >= 11 is 1.96. The van der Waals surface area contributed by atoms with Gasteiger partial charge in [0.05, 0.1) is 0 Å². The summed E-state index contributed by atoms with van der Waals surface area (Å²) < 4.78 is 0. The summed E-state index contributed by atoms with van der Waals surface area (Å²) in [6.07, 6.45) is 10.9. The van der Waals surface area contributed by atoms with Gasteiger partial charge in [0.25, 0.3) is 0 Å². The molecule has 0 aromatic carbocycles. The molecule has 0 radical (unpaired) electrons. The third-order valence-electron chi connectivity index (χ3n) is 3.25. The Kier molecular flexibility index (Phi) is 3.68. The zero-order chi connectivity index (χ0) is 12.4. The van der Waals surface area contributed by atoms with E-state index in [1.807, 2.05) is 23.5 Å². The average Bonchev–Trinajstić information content (AvgIpc) is 2.61. The smallest absolute Gasteiger partial charge is 0.0132 e. The van der Waals surface area contributed by atoms with Crippen LogP contribution in [0.2, 0.25) is 0 Å². The Labute approximate surface area is 108 Å². The van der Waals surface area contributed by atoms with Crippen LogP contribution in [0, 0.1) is 12.8 Å². The number of fused-ring (bicyclic) bond motifs is 1. The van der Waals surface area contributed by atoms with E-state index in [0.717, 1.165) is 0 Å². The molecule has 1 aliphatic carbocycles. The van der Waals surface area contributed by atoms with Gasteiger partial charge in [0.1, 0.15) is 0 Å². The van der Waals surface area contributed by atoms with Crippen LogP contribution in [0.25, 0.3) is 11.6 Å². The molecule has 0 spiro atoms. The van der Waals surface area contributed by atoms with Crippen LogP contribution in [0.5, 0.6) is 0 Å². The predicted molar refractivity (Wildman–Crippen MR) is 79.4 cm³/mol. The van der Waals surface area contributed by atoms with Crippen molar-refractivity contribution in [3.05, 3.63) is 45.7 Å². The van der Waals surface area contributed by atoms with E-state index in [0.29, 0.717) is 5.92 Å². The van der Waals surface area contributed by atoms with Crippen molar-refractivity contribution in [2.24, 2.45) is 5.92 Å². The van der Waals surface area contributed by atoms with Gasteiger partial charge in [-0.2, -0.15) is 0 Å². The third-order valence-corrected chi connectivity index (χ3v) is 4.43. The maximum Gasteiger partial charge on any atom is 0.0132 e. The highest BCUT2D eigenvalue weighted by Crippen LogP contribution is 2.41. The van der Waals surface area contributed by atoms with Gasteiger partial charge in [0, 0.05) is 9.75 Å². The summed E-state index contributed by atoms with van der Waals surface area (Å²) in [4.78, 5) is 3.00. The fraction of sp³-hybridized carbons (Fsp3) is 0.375. The predicted octanol–water partition coefficient (Wildman–Crippen LogP) is 5.24. The first-order valence-electron chi connectivity index (χ1n) is 6.27. The van der Waals surface area contributed by atoms with Crippen molar-refractivity contribution in [3.63, 3.8) is 0 Å². The topological polar surface area (TPSA) is 0 Å². The molecule has 90 valence electrons. The second kappa shape index (κ2) is 5.05. The van der Waals surface area contributed by atoms with E-state index in [1.54, 1.807) is 4.88 Å². The highest BCUT2D eigenvalue weighted by Gasteiger charge is 2.21. The SMILES string of the molecule is C=C/C=C\c1c(C)sc2c1C(C(C)C)=CCC2. The lowest BCUT2D eigenvalue weighted by atomic mass is 9.86. The van der Waals surface area contributed by atoms with Gasteiger partial charge in [0.2, 0.25) is 0 Å². The summed E-state index contributed by atoms with van der Waals surface area (Å²) in [7, 11) is 0. The number of allylic oxidation sites excluding steroid dienone is 4. The maximum absolute atomic E-state index is 3.76. The van der Waals surface area contributed by atoms with Gasteiger partial charge in [-0.15, -0.1) is 11.3 Å². The lowest BCUT2D eigenvalue weighted by molar-refractivity contribution is 0.833. The molecule has 0 nitrogen and oxygen atoms in total. The van der Waals surface area contributed by atoms with Gasteiger partial charge in [0.15, 0.2) is 0 Å². The molecule has 0 saturated heterocycles. The minimum absolute atomic E-state index is 0.610. The van der Waals surface area contributed by atoms with E-state index in [2.05, 4.69) is 39.5 Å². The third kappa shape index (κ3) is 2.30. The van der Waals surface area contributed by atoms with Crippen LogP contribution < -0.4 is 0 Å². The second-order valence-electron chi connectivity index (χ2n) is 4.82. The summed E-state index contributed by atoms with van der Waals surface area (Å²) in [6.45, 7) is 10.6. The molecule has 0 fully saturated rings. The van der Waals surface area contributed by atoms with Crippen molar-refractivity contribution < 1.29 is 0 Å². The summed E-state index contributed by atoms with van der Waals surface area (Å²) in [6, 6.07) is 0. The quantitative estimate of drug-likeness (QED) is 0.638. The number of rotatable bonds is 3. The number of hydrogen-bond acceptors (Lipinski definition) is 1. The van der Waals surface area contributed by atoms with Crippen molar-refractivity contribution in [1.82, 2.24) is 0 Å². The molecule has 0 N–H and O–H groups in total. The largest absolute Gasteiger partial charge is 0.144 e. The Morgan fingerprint density at radius 2 is 2.18 bits per heavy atom. The van der Waals surface area contributed by atoms with Crippen molar-refractivity contribution in [3.8, 4) is 0 Å². The molecule has 1 heteroatoms. The van der Waals surface area contributed by atoms with Gasteiger partial charge in [-0.05, 0) is 42.4 Å². The first kappa shape index (κ1) is 12.4. The van der Waals surface area contributed by atoms with Crippen LogP contribution in [-0.2, 0) is 6.42 Å². The van der Waals surface area contributed by atoms with Gasteiger partial charge in [-0.3, -0.25) is 0 Å². The Bertz CT molecular complexity index is 484. The van der Waals surface area contributed by atoms with Crippen molar-refractivity contribution in [2.75, 3.05) is 0 Å². The minimum atomic E-state index is 0.610. The molecule has 0 atom stereocenters. The van der Waals surface area contributed by atoms with Crippen molar-refractivity contribution >= 4 is 23.0 Å².